The second-order valence-corrected chi connectivity index (χ2v) is 11.3. The van der Waals surface area contributed by atoms with Crippen molar-refractivity contribution in [1.82, 2.24) is 25.5 Å². The molecule has 8 heteroatoms. The first kappa shape index (κ1) is 31.6. The number of hydrogen-bond donors (Lipinski definition) is 2. The van der Waals surface area contributed by atoms with E-state index in [1.54, 1.807) is 36.2 Å². The molecule has 0 fully saturated rings. The molecule has 0 aliphatic heterocycles. The van der Waals surface area contributed by atoms with Gasteiger partial charge in [0.2, 0.25) is 0 Å². The van der Waals surface area contributed by atoms with E-state index in [2.05, 4.69) is 59.6 Å². The van der Waals surface area contributed by atoms with Gasteiger partial charge < -0.3 is 15.5 Å². The minimum Gasteiger partial charge on any atom is -0.352 e. The van der Waals surface area contributed by atoms with Gasteiger partial charge in [-0.25, -0.2) is 4.98 Å². The topological polar surface area (TPSA) is 87.2 Å². The average Bonchev–Trinajstić information content (AvgIpc) is 3.39. The van der Waals surface area contributed by atoms with Gasteiger partial charge in [-0.1, -0.05) is 61.9 Å². The maximum atomic E-state index is 12.8. The molecule has 4 rings (SSSR count). The summed E-state index contributed by atoms with van der Waals surface area (Å²) in [6, 6.07) is 19.3. The molecule has 0 radical (unpaired) electrons. The molecule has 0 unspecified atom stereocenters. The fraction of sp³-hybridized carbons (Fsp3) is 0.333. The third-order valence-corrected chi connectivity index (χ3v) is 7.28. The van der Waals surface area contributed by atoms with E-state index in [1.807, 2.05) is 42.9 Å². The number of amides is 2. The van der Waals surface area contributed by atoms with Crippen molar-refractivity contribution >= 4 is 23.2 Å². The molecular weight excluding hydrogens is 530 g/mol. The summed E-state index contributed by atoms with van der Waals surface area (Å²) in [6.07, 6.45) is 4.59. The number of carbonyl (C=O) groups excluding carboxylic acids is 2. The Labute approximate surface area is 248 Å². The highest BCUT2D eigenvalue weighted by Gasteiger charge is 2.15. The van der Waals surface area contributed by atoms with Gasteiger partial charge in [0, 0.05) is 54.7 Å². The highest BCUT2D eigenvalue weighted by atomic mass is 32.1. The Morgan fingerprint density at radius 3 is 2.37 bits per heavy atom. The average molecular weight is 572 g/mol. The Morgan fingerprint density at radius 1 is 0.951 bits per heavy atom. The van der Waals surface area contributed by atoms with Gasteiger partial charge >= 0.3 is 0 Å². The molecule has 216 valence electrons. The Kier molecular flexibility index (Phi) is 12.7. The maximum absolute atomic E-state index is 12.8. The van der Waals surface area contributed by atoms with E-state index in [1.165, 1.54) is 22.5 Å². The van der Waals surface area contributed by atoms with Crippen molar-refractivity contribution < 1.29 is 9.59 Å². The number of aromatic nitrogens is 2. The van der Waals surface area contributed by atoms with Crippen LogP contribution in [0.25, 0.3) is 0 Å². The second kappa shape index (κ2) is 16.4. The largest absolute Gasteiger partial charge is 0.352 e. The van der Waals surface area contributed by atoms with Gasteiger partial charge in [0.15, 0.2) is 0 Å². The quantitative estimate of drug-likeness (QED) is 0.211. The maximum Gasteiger partial charge on any atom is 0.253 e. The fourth-order valence-electron chi connectivity index (χ4n) is 3.97. The Balaban J connectivity index is 0.000000575. The molecule has 0 saturated heterocycles. The third-order valence-electron chi connectivity index (χ3n) is 6.33. The van der Waals surface area contributed by atoms with Crippen molar-refractivity contribution in [3.05, 3.63) is 117 Å². The number of rotatable bonds is 11. The lowest BCUT2D eigenvalue weighted by Crippen LogP contribution is -2.28. The highest BCUT2D eigenvalue weighted by molar-refractivity contribution is 7.09. The molecule has 2 amide bonds. The van der Waals surface area contributed by atoms with Crippen LogP contribution < -0.4 is 10.6 Å². The lowest BCUT2D eigenvalue weighted by Gasteiger charge is -2.16. The fourth-order valence-corrected chi connectivity index (χ4v) is 4.79. The van der Waals surface area contributed by atoms with Crippen LogP contribution in [-0.4, -0.2) is 46.8 Å². The summed E-state index contributed by atoms with van der Waals surface area (Å²) in [5, 5.41) is 9.19. The molecule has 0 spiro atoms. The second-order valence-electron chi connectivity index (χ2n) is 10.3. The summed E-state index contributed by atoms with van der Waals surface area (Å²) < 4.78 is 0. The van der Waals surface area contributed by atoms with Crippen LogP contribution in [-0.2, 0) is 13.1 Å². The number of thiazole rings is 1. The number of nitrogens with zero attached hydrogens (tertiary/aromatic N) is 3. The summed E-state index contributed by atoms with van der Waals surface area (Å²) in [4.78, 5) is 35.7. The monoisotopic (exact) mass is 571 g/mol. The van der Waals surface area contributed by atoms with Crippen LogP contribution in [0.15, 0.2) is 78.4 Å². The van der Waals surface area contributed by atoms with Gasteiger partial charge in [-0.15, -0.1) is 11.3 Å². The number of nitrogens with one attached hydrogen (secondary N) is 2. The van der Waals surface area contributed by atoms with Crippen LogP contribution in [0.2, 0.25) is 0 Å². The van der Waals surface area contributed by atoms with Gasteiger partial charge in [-0.2, -0.15) is 0 Å². The Morgan fingerprint density at radius 2 is 1.71 bits per heavy atom. The van der Waals surface area contributed by atoms with E-state index in [4.69, 9.17) is 0 Å². The number of aryl methyl sites for hydroxylation is 2. The Hall–Kier alpha value is -3.88. The summed E-state index contributed by atoms with van der Waals surface area (Å²) in [6.45, 7) is 10.9. The molecule has 0 aliphatic carbocycles. The first-order chi connectivity index (χ1) is 19.7. The van der Waals surface area contributed by atoms with E-state index >= 15 is 0 Å². The standard InChI is InChI=1S/C26H33N5O2S.C7H8/c1-18(2)23-11-20(14-28-15-23)13-27-9-6-10-29-25(32)21-7-5-8-22(12-21)26(33)31(4)16-24-30-19(3)17-34-24;1-7-5-3-2-4-6-7/h5,7-8,11-12,14-15,17-18,27H,6,9-10,13,16H2,1-4H3,(H,29,32);2-6H,1H3. The van der Waals surface area contributed by atoms with Crippen LogP contribution in [0.1, 0.15) is 74.3 Å². The Bertz CT molecular complexity index is 1390. The zero-order valence-electron chi connectivity index (χ0n) is 24.7. The van der Waals surface area contributed by atoms with Crippen molar-refractivity contribution in [2.24, 2.45) is 0 Å². The molecule has 0 saturated carbocycles. The first-order valence-electron chi connectivity index (χ1n) is 13.9. The van der Waals surface area contributed by atoms with Crippen LogP contribution in [0, 0.1) is 13.8 Å². The molecule has 7 nitrogen and oxygen atoms in total. The molecular formula is C33H41N5O2S. The molecule has 2 aromatic heterocycles. The lowest BCUT2D eigenvalue weighted by molar-refractivity contribution is 0.0785. The molecule has 0 atom stereocenters. The molecule has 41 heavy (non-hydrogen) atoms. The van der Waals surface area contributed by atoms with Crippen molar-refractivity contribution in [3.8, 4) is 0 Å². The summed E-state index contributed by atoms with van der Waals surface area (Å²) in [5.74, 6) is 0.142. The normalized spacial score (nSPS) is 10.6. The van der Waals surface area contributed by atoms with Gasteiger partial charge in [0.1, 0.15) is 5.01 Å². The first-order valence-corrected chi connectivity index (χ1v) is 14.8. The van der Waals surface area contributed by atoms with E-state index in [9.17, 15) is 9.59 Å². The van der Waals surface area contributed by atoms with E-state index in [-0.39, 0.29) is 11.8 Å². The molecule has 4 aromatic rings. The van der Waals surface area contributed by atoms with E-state index < -0.39 is 0 Å². The lowest BCUT2D eigenvalue weighted by atomic mass is 10.0. The van der Waals surface area contributed by atoms with E-state index in [0.717, 1.165) is 35.8 Å². The van der Waals surface area contributed by atoms with Crippen molar-refractivity contribution in [1.29, 1.82) is 0 Å². The smallest absolute Gasteiger partial charge is 0.253 e. The summed E-state index contributed by atoms with van der Waals surface area (Å²) in [5.41, 5.74) is 5.63. The molecule has 2 aromatic carbocycles. The number of carbonyl (C=O) groups is 2. The predicted octanol–water partition coefficient (Wildman–Crippen LogP) is 6.15. The van der Waals surface area contributed by atoms with Crippen LogP contribution in [0.3, 0.4) is 0 Å². The van der Waals surface area contributed by atoms with E-state index in [0.29, 0.717) is 30.1 Å². The van der Waals surface area contributed by atoms with Crippen molar-refractivity contribution in [2.75, 3.05) is 20.1 Å². The number of pyridine rings is 1. The SMILES string of the molecule is Cc1ccccc1.Cc1csc(CN(C)C(=O)c2cccc(C(=O)NCCCNCc3cncc(C(C)C)c3)c2)n1. The molecule has 2 heterocycles. The van der Waals surface area contributed by atoms with Gasteiger partial charge in [-0.3, -0.25) is 14.6 Å². The molecule has 0 bridgehead atoms. The zero-order valence-corrected chi connectivity index (χ0v) is 25.5. The molecule has 2 N–H and O–H groups in total. The zero-order chi connectivity index (χ0) is 29.6. The minimum absolute atomic E-state index is 0.136. The number of hydrogen-bond acceptors (Lipinski definition) is 6. The number of benzene rings is 2. The van der Waals surface area contributed by atoms with Crippen LogP contribution in [0.4, 0.5) is 0 Å². The van der Waals surface area contributed by atoms with Crippen molar-refractivity contribution in [3.63, 3.8) is 0 Å². The highest BCUT2D eigenvalue weighted by Crippen LogP contribution is 2.15. The molecule has 0 aliphatic rings. The van der Waals surface area contributed by atoms with Gasteiger partial charge in [0.05, 0.1) is 6.54 Å². The summed E-state index contributed by atoms with van der Waals surface area (Å²) >= 11 is 1.54. The summed E-state index contributed by atoms with van der Waals surface area (Å²) in [7, 11) is 1.74. The van der Waals surface area contributed by atoms with Crippen LogP contribution >= 0.6 is 11.3 Å². The minimum atomic E-state index is -0.179. The van der Waals surface area contributed by atoms with Crippen molar-refractivity contribution in [2.45, 2.75) is 53.1 Å². The van der Waals surface area contributed by atoms with Gasteiger partial charge in [0.25, 0.3) is 11.8 Å². The van der Waals surface area contributed by atoms with Crippen LogP contribution in [0.5, 0.6) is 0 Å². The third kappa shape index (κ3) is 10.9. The van der Waals surface area contributed by atoms with Gasteiger partial charge in [-0.05, 0) is 62.1 Å². The predicted molar refractivity (Wildman–Crippen MR) is 167 cm³/mol.